The van der Waals surface area contributed by atoms with Crippen LogP contribution in [0.25, 0.3) is 0 Å². The van der Waals surface area contributed by atoms with E-state index < -0.39 is 23.7 Å². The molecule has 4 N–H and O–H groups in total. The summed E-state index contributed by atoms with van der Waals surface area (Å²) < 4.78 is 26.6. The molecular formula is C17H17F2N3O2. The third-order valence-corrected chi connectivity index (χ3v) is 3.46. The highest BCUT2D eigenvalue weighted by Crippen LogP contribution is 2.18. The van der Waals surface area contributed by atoms with Crippen LogP contribution in [-0.2, 0) is 6.54 Å². The Kier molecular flexibility index (Phi) is 5.47. The van der Waals surface area contributed by atoms with Gasteiger partial charge in [-0.1, -0.05) is 18.2 Å². The van der Waals surface area contributed by atoms with Gasteiger partial charge < -0.3 is 16.4 Å². The second-order valence-corrected chi connectivity index (χ2v) is 5.28. The van der Waals surface area contributed by atoms with Gasteiger partial charge in [-0.3, -0.25) is 4.79 Å². The molecule has 2 aromatic carbocycles. The van der Waals surface area contributed by atoms with Gasteiger partial charge in [0.05, 0.1) is 6.04 Å². The van der Waals surface area contributed by atoms with E-state index in [0.717, 1.165) is 17.7 Å². The van der Waals surface area contributed by atoms with E-state index in [-0.39, 0.29) is 18.0 Å². The topological polar surface area (TPSA) is 84.2 Å². The summed E-state index contributed by atoms with van der Waals surface area (Å²) in [6, 6.07) is 8.49. The highest BCUT2D eigenvalue weighted by Gasteiger charge is 2.15. The molecule has 0 unspecified atom stereocenters. The number of hydrogen-bond acceptors (Lipinski definition) is 2. The van der Waals surface area contributed by atoms with Crippen molar-refractivity contribution in [2.45, 2.75) is 19.5 Å². The van der Waals surface area contributed by atoms with Gasteiger partial charge in [-0.25, -0.2) is 13.6 Å². The van der Waals surface area contributed by atoms with Gasteiger partial charge in [-0.2, -0.15) is 0 Å². The number of hydrogen-bond donors (Lipinski definition) is 3. The van der Waals surface area contributed by atoms with Crippen LogP contribution in [0.3, 0.4) is 0 Å². The molecule has 0 aliphatic heterocycles. The van der Waals surface area contributed by atoms with Crippen LogP contribution in [0.4, 0.5) is 13.6 Å². The SMILES string of the molecule is C[C@H](NC(=O)c1ccc(CNC(N)=O)cc1)c1ccc(F)cc1F. The van der Waals surface area contributed by atoms with Crippen molar-refractivity contribution in [1.82, 2.24) is 10.6 Å². The lowest BCUT2D eigenvalue weighted by molar-refractivity contribution is 0.0939. The molecule has 7 heteroatoms. The Bertz CT molecular complexity index is 748. The number of rotatable bonds is 5. The number of urea groups is 1. The van der Waals surface area contributed by atoms with E-state index >= 15 is 0 Å². The van der Waals surface area contributed by atoms with E-state index in [4.69, 9.17) is 5.73 Å². The Morgan fingerprint density at radius 1 is 1.12 bits per heavy atom. The van der Waals surface area contributed by atoms with Gasteiger partial charge in [0.15, 0.2) is 0 Å². The lowest BCUT2D eigenvalue weighted by Crippen LogP contribution is -2.29. The molecule has 1 atom stereocenters. The van der Waals surface area contributed by atoms with Crippen molar-refractivity contribution in [3.05, 3.63) is 70.8 Å². The highest BCUT2D eigenvalue weighted by molar-refractivity contribution is 5.94. The normalized spacial score (nSPS) is 11.6. The average Bonchev–Trinajstić information content (AvgIpc) is 2.53. The summed E-state index contributed by atoms with van der Waals surface area (Å²) in [6.45, 7) is 1.87. The van der Waals surface area contributed by atoms with Crippen LogP contribution in [0.5, 0.6) is 0 Å². The summed E-state index contributed by atoms with van der Waals surface area (Å²) in [5.41, 5.74) is 6.34. The Balaban J connectivity index is 2.02. The number of amides is 3. The molecule has 5 nitrogen and oxygen atoms in total. The summed E-state index contributed by atoms with van der Waals surface area (Å²) in [7, 11) is 0. The molecular weight excluding hydrogens is 316 g/mol. The van der Waals surface area contributed by atoms with E-state index in [0.29, 0.717) is 5.56 Å². The Hall–Kier alpha value is -2.96. The van der Waals surface area contributed by atoms with Crippen molar-refractivity contribution >= 4 is 11.9 Å². The van der Waals surface area contributed by atoms with E-state index in [1.807, 2.05) is 0 Å². The van der Waals surface area contributed by atoms with Crippen molar-refractivity contribution in [2.24, 2.45) is 5.73 Å². The molecule has 2 aromatic rings. The molecule has 0 fully saturated rings. The number of carbonyl (C=O) groups excluding carboxylic acids is 2. The van der Waals surface area contributed by atoms with Gasteiger partial charge in [0.2, 0.25) is 0 Å². The minimum Gasteiger partial charge on any atom is -0.352 e. The van der Waals surface area contributed by atoms with Crippen LogP contribution in [0.2, 0.25) is 0 Å². The lowest BCUT2D eigenvalue weighted by Gasteiger charge is -2.15. The number of halogens is 2. The molecule has 0 bridgehead atoms. The lowest BCUT2D eigenvalue weighted by atomic mass is 10.1. The van der Waals surface area contributed by atoms with Crippen molar-refractivity contribution in [3.8, 4) is 0 Å². The standard InChI is InChI=1S/C17H17F2N3O2/c1-10(14-7-6-13(18)8-15(14)19)22-16(23)12-4-2-11(3-5-12)9-21-17(20)24/h2-8,10H,9H2,1H3,(H,22,23)(H3,20,21,24)/t10-/m0/s1. The van der Waals surface area contributed by atoms with Crippen molar-refractivity contribution in [3.63, 3.8) is 0 Å². The van der Waals surface area contributed by atoms with Crippen LogP contribution in [0.15, 0.2) is 42.5 Å². The molecule has 0 aliphatic carbocycles. The minimum atomic E-state index is -0.712. The first-order valence-electron chi connectivity index (χ1n) is 7.25. The first kappa shape index (κ1) is 17.4. The Morgan fingerprint density at radius 2 is 1.79 bits per heavy atom. The fraction of sp³-hybridized carbons (Fsp3) is 0.176. The van der Waals surface area contributed by atoms with E-state index in [1.54, 1.807) is 31.2 Å². The summed E-state index contributed by atoms with van der Waals surface area (Å²) in [5.74, 6) is -1.77. The smallest absolute Gasteiger partial charge is 0.312 e. The minimum absolute atomic E-state index is 0.201. The number of nitrogens with one attached hydrogen (secondary N) is 2. The molecule has 0 aliphatic rings. The van der Waals surface area contributed by atoms with Gasteiger partial charge in [0.25, 0.3) is 5.91 Å². The zero-order chi connectivity index (χ0) is 17.7. The van der Waals surface area contributed by atoms with Crippen LogP contribution < -0.4 is 16.4 Å². The maximum absolute atomic E-state index is 13.7. The van der Waals surface area contributed by atoms with Crippen molar-refractivity contribution in [1.29, 1.82) is 0 Å². The van der Waals surface area contributed by atoms with Crippen LogP contribution in [-0.4, -0.2) is 11.9 Å². The molecule has 0 radical (unpaired) electrons. The van der Waals surface area contributed by atoms with Crippen LogP contribution in [0, 0.1) is 11.6 Å². The zero-order valence-electron chi connectivity index (χ0n) is 13.0. The molecule has 126 valence electrons. The number of benzene rings is 2. The summed E-state index contributed by atoms with van der Waals surface area (Å²) in [5, 5.41) is 5.09. The Labute approximate surface area is 137 Å². The van der Waals surface area contributed by atoms with Gasteiger partial charge >= 0.3 is 6.03 Å². The molecule has 0 heterocycles. The van der Waals surface area contributed by atoms with Crippen molar-refractivity contribution in [2.75, 3.05) is 0 Å². The van der Waals surface area contributed by atoms with Crippen LogP contribution in [0.1, 0.15) is 34.5 Å². The van der Waals surface area contributed by atoms with E-state index in [2.05, 4.69) is 10.6 Å². The summed E-state index contributed by atoms with van der Waals surface area (Å²) in [4.78, 5) is 22.8. The molecule has 0 spiro atoms. The fourth-order valence-corrected chi connectivity index (χ4v) is 2.17. The quantitative estimate of drug-likeness (QED) is 0.786. The molecule has 0 saturated carbocycles. The molecule has 0 aromatic heterocycles. The average molecular weight is 333 g/mol. The maximum atomic E-state index is 13.7. The van der Waals surface area contributed by atoms with E-state index in [1.165, 1.54) is 6.07 Å². The first-order valence-corrected chi connectivity index (χ1v) is 7.25. The molecule has 0 saturated heterocycles. The fourth-order valence-electron chi connectivity index (χ4n) is 2.17. The maximum Gasteiger partial charge on any atom is 0.312 e. The van der Waals surface area contributed by atoms with Gasteiger partial charge in [0.1, 0.15) is 11.6 Å². The van der Waals surface area contributed by atoms with Gasteiger partial charge in [-0.15, -0.1) is 0 Å². The highest BCUT2D eigenvalue weighted by atomic mass is 19.1. The third-order valence-electron chi connectivity index (χ3n) is 3.46. The van der Waals surface area contributed by atoms with Gasteiger partial charge in [-0.05, 0) is 30.7 Å². The molecule has 24 heavy (non-hydrogen) atoms. The summed E-state index contributed by atoms with van der Waals surface area (Å²) >= 11 is 0. The van der Waals surface area contributed by atoms with Crippen molar-refractivity contribution < 1.29 is 18.4 Å². The zero-order valence-corrected chi connectivity index (χ0v) is 13.0. The second kappa shape index (κ2) is 7.54. The third kappa shape index (κ3) is 4.52. The van der Waals surface area contributed by atoms with Gasteiger partial charge in [0, 0.05) is 23.7 Å². The number of primary amides is 1. The molecule has 2 rings (SSSR count). The largest absolute Gasteiger partial charge is 0.352 e. The second-order valence-electron chi connectivity index (χ2n) is 5.28. The Morgan fingerprint density at radius 3 is 2.38 bits per heavy atom. The first-order chi connectivity index (χ1) is 11.4. The number of carbonyl (C=O) groups is 2. The predicted octanol–water partition coefficient (Wildman–Crippen LogP) is 2.62. The summed E-state index contributed by atoms with van der Waals surface area (Å²) in [6.07, 6.45) is 0. The molecule has 3 amide bonds. The monoisotopic (exact) mass is 333 g/mol. The van der Waals surface area contributed by atoms with E-state index in [9.17, 15) is 18.4 Å². The van der Waals surface area contributed by atoms with Crippen LogP contribution >= 0.6 is 0 Å². The predicted molar refractivity (Wildman–Crippen MR) is 85.1 cm³/mol. The number of nitrogens with two attached hydrogens (primary N) is 1.